The van der Waals surface area contributed by atoms with E-state index >= 15 is 0 Å². The van der Waals surface area contributed by atoms with Crippen LogP contribution in [0.4, 0.5) is 5.69 Å². The van der Waals surface area contributed by atoms with Gasteiger partial charge in [0.2, 0.25) is 0 Å². The quantitative estimate of drug-likeness (QED) is 0.361. The predicted octanol–water partition coefficient (Wildman–Crippen LogP) is 5.04. The number of halogens is 1. The summed E-state index contributed by atoms with van der Waals surface area (Å²) in [4.78, 5) is 28.1. The second-order valence-corrected chi connectivity index (χ2v) is 7.81. The van der Waals surface area contributed by atoms with Gasteiger partial charge in [-0.15, -0.1) is 11.3 Å². The van der Waals surface area contributed by atoms with E-state index in [1.807, 2.05) is 17.5 Å². The molecule has 0 saturated carbocycles. The van der Waals surface area contributed by atoms with Crippen LogP contribution in [0.5, 0.6) is 5.75 Å². The zero-order valence-electron chi connectivity index (χ0n) is 15.3. The van der Waals surface area contributed by atoms with Gasteiger partial charge >= 0.3 is 0 Å². The number of aliphatic hydroxyl groups excluding tert-OH is 1. The van der Waals surface area contributed by atoms with Crippen molar-refractivity contribution in [3.8, 4) is 5.75 Å². The van der Waals surface area contributed by atoms with Crippen LogP contribution in [0.15, 0.2) is 71.6 Å². The third kappa shape index (κ3) is 3.41. The van der Waals surface area contributed by atoms with Gasteiger partial charge in [-0.25, -0.2) is 0 Å². The van der Waals surface area contributed by atoms with E-state index in [4.69, 9.17) is 16.3 Å². The Kier molecular flexibility index (Phi) is 5.13. The fraction of sp³-hybridized carbons (Fsp3) is 0.0909. The average molecular weight is 426 g/mol. The van der Waals surface area contributed by atoms with Gasteiger partial charge in [-0.05, 0) is 35.7 Å². The summed E-state index contributed by atoms with van der Waals surface area (Å²) < 4.78 is 5.26. The molecule has 1 atom stereocenters. The first-order valence-corrected chi connectivity index (χ1v) is 10.0. The number of benzene rings is 2. The summed E-state index contributed by atoms with van der Waals surface area (Å²) in [6.07, 6.45) is 0. The molecule has 4 rings (SSSR count). The number of nitrogens with zero attached hydrogens (tertiary/aromatic N) is 1. The topological polar surface area (TPSA) is 66.8 Å². The third-order valence-corrected chi connectivity index (χ3v) is 5.85. The number of thiophene rings is 1. The van der Waals surface area contributed by atoms with Gasteiger partial charge in [0.1, 0.15) is 17.6 Å². The summed E-state index contributed by atoms with van der Waals surface area (Å²) in [5.74, 6) is -1.15. The monoisotopic (exact) mass is 425 g/mol. The van der Waals surface area contributed by atoms with Crippen molar-refractivity contribution in [2.45, 2.75) is 6.04 Å². The van der Waals surface area contributed by atoms with Crippen LogP contribution in [-0.4, -0.2) is 23.9 Å². The van der Waals surface area contributed by atoms with Crippen molar-refractivity contribution in [1.82, 2.24) is 0 Å². The Labute approximate surface area is 176 Å². The number of methoxy groups -OCH3 is 1. The lowest BCUT2D eigenvalue weighted by molar-refractivity contribution is -0.132. The Bertz CT molecular complexity index is 1120. The van der Waals surface area contributed by atoms with E-state index < -0.39 is 17.7 Å². The molecule has 1 unspecified atom stereocenters. The molecule has 7 heteroatoms. The maximum Gasteiger partial charge on any atom is 0.300 e. The van der Waals surface area contributed by atoms with Crippen LogP contribution in [0, 0.1) is 0 Å². The van der Waals surface area contributed by atoms with E-state index in [0.717, 1.165) is 4.88 Å². The van der Waals surface area contributed by atoms with Crippen molar-refractivity contribution in [2.75, 3.05) is 12.0 Å². The first-order valence-electron chi connectivity index (χ1n) is 8.75. The molecule has 0 bridgehead atoms. The highest BCUT2D eigenvalue weighted by Gasteiger charge is 2.47. The lowest BCUT2D eigenvalue weighted by Crippen LogP contribution is -2.29. The van der Waals surface area contributed by atoms with Crippen molar-refractivity contribution in [2.24, 2.45) is 0 Å². The lowest BCUT2D eigenvalue weighted by atomic mass is 10.00. The van der Waals surface area contributed by atoms with Crippen molar-refractivity contribution >= 4 is 46.1 Å². The molecule has 1 N–H and O–H groups in total. The van der Waals surface area contributed by atoms with Crippen LogP contribution in [0.2, 0.25) is 5.02 Å². The second-order valence-electron chi connectivity index (χ2n) is 6.40. The summed E-state index contributed by atoms with van der Waals surface area (Å²) in [6.45, 7) is 0. The number of aliphatic hydroxyl groups is 1. The van der Waals surface area contributed by atoms with Crippen LogP contribution in [0.1, 0.15) is 16.5 Å². The van der Waals surface area contributed by atoms with Gasteiger partial charge < -0.3 is 9.84 Å². The minimum absolute atomic E-state index is 0.0301. The normalized spacial score (nSPS) is 18.3. The Morgan fingerprint density at radius 1 is 1.10 bits per heavy atom. The third-order valence-electron chi connectivity index (χ3n) is 4.69. The standard InChI is InChI=1S/C22H16ClNO4S/c1-28-16-8-3-7-15(12-16)24-19(17-9-4-10-29-17)18(21(26)22(24)27)20(25)13-5-2-6-14(23)11-13/h2-12,19,25H,1H3/b20-18-. The minimum atomic E-state index is -0.749. The molecule has 1 fully saturated rings. The molecule has 29 heavy (non-hydrogen) atoms. The summed E-state index contributed by atoms with van der Waals surface area (Å²) in [5.41, 5.74) is 0.917. The first kappa shape index (κ1) is 19.2. The molecular weight excluding hydrogens is 410 g/mol. The zero-order chi connectivity index (χ0) is 20.5. The Balaban J connectivity index is 1.93. The molecule has 1 aromatic heterocycles. The Morgan fingerprint density at radius 2 is 1.90 bits per heavy atom. The van der Waals surface area contributed by atoms with Crippen LogP contribution < -0.4 is 9.64 Å². The van der Waals surface area contributed by atoms with Crippen molar-refractivity contribution in [3.63, 3.8) is 0 Å². The molecule has 1 saturated heterocycles. The molecule has 5 nitrogen and oxygen atoms in total. The highest BCUT2D eigenvalue weighted by atomic mass is 35.5. The summed E-state index contributed by atoms with van der Waals surface area (Å²) in [5, 5.41) is 13.3. The van der Waals surface area contributed by atoms with Crippen molar-refractivity contribution in [1.29, 1.82) is 0 Å². The number of ether oxygens (including phenoxy) is 1. The Morgan fingerprint density at radius 3 is 2.59 bits per heavy atom. The van der Waals surface area contributed by atoms with Crippen molar-refractivity contribution < 1.29 is 19.4 Å². The number of rotatable bonds is 4. The van der Waals surface area contributed by atoms with E-state index in [1.54, 1.807) is 48.5 Å². The van der Waals surface area contributed by atoms with Gasteiger partial charge in [-0.3, -0.25) is 14.5 Å². The molecule has 146 valence electrons. The molecule has 1 amide bonds. The van der Waals surface area contributed by atoms with E-state index in [2.05, 4.69) is 0 Å². The Hall–Kier alpha value is -3.09. The van der Waals surface area contributed by atoms with E-state index in [9.17, 15) is 14.7 Å². The molecular formula is C22H16ClNO4S. The molecule has 0 aliphatic carbocycles. The molecule has 2 aromatic carbocycles. The minimum Gasteiger partial charge on any atom is -0.507 e. The SMILES string of the molecule is COc1cccc(N2C(=O)C(=O)/C(=C(\O)c3cccc(Cl)c3)C2c2cccs2)c1. The number of carbonyl (C=O) groups is 2. The highest BCUT2D eigenvalue weighted by molar-refractivity contribution is 7.10. The smallest absolute Gasteiger partial charge is 0.300 e. The van der Waals surface area contributed by atoms with E-state index in [1.165, 1.54) is 23.3 Å². The van der Waals surface area contributed by atoms with Gasteiger partial charge in [0.15, 0.2) is 0 Å². The van der Waals surface area contributed by atoms with Crippen LogP contribution >= 0.6 is 22.9 Å². The number of carbonyl (C=O) groups excluding carboxylic acids is 2. The largest absolute Gasteiger partial charge is 0.507 e. The average Bonchev–Trinajstić information content (AvgIpc) is 3.35. The maximum atomic E-state index is 13.0. The summed E-state index contributed by atoms with van der Waals surface area (Å²) >= 11 is 7.45. The van der Waals surface area contributed by atoms with Gasteiger partial charge in [-0.1, -0.05) is 35.9 Å². The number of amides is 1. The van der Waals surface area contributed by atoms with Crippen molar-refractivity contribution in [3.05, 3.63) is 87.1 Å². The second kappa shape index (κ2) is 7.73. The number of hydrogen-bond donors (Lipinski definition) is 1. The zero-order valence-corrected chi connectivity index (χ0v) is 16.9. The molecule has 2 heterocycles. The van der Waals surface area contributed by atoms with Gasteiger partial charge in [-0.2, -0.15) is 0 Å². The number of Topliss-reactive ketones (excluding diaryl/α,β-unsaturated/α-hetero) is 1. The van der Waals surface area contributed by atoms with E-state index in [-0.39, 0.29) is 11.3 Å². The first-order chi connectivity index (χ1) is 14.0. The summed E-state index contributed by atoms with van der Waals surface area (Å²) in [7, 11) is 1.53. The van der Waals surface area contributed by atoms with Gasteiger partial charge in [0.25, 0.3) is 11.7 Å². The molecule has 0 radical (unpaired) electrons. The fourth-order valence-corrected chi connectivity index (χ4v) is 4.38. The van der Waals surface area contributed by atoms with Crippen LogP contribution in [0.3, 0.4) is 0 Å². The lowest BCUT2D eigenvalue weighted by Gasteiger charge is -2.24. The molecule has 3 aromatic rings. The fourth-order valence-electron chi connectivity index (χ4n) is 3.37. The molecule has 0 spiro atoms. The maximum absolute atomic E-state index is 13.0. The van der Waals surface area contributed by atoms with Crippen LogP contribution in [-0.2, 0) is 9.59 Å². The number of ketones is 1. The molecule has 1 aliphatic rings. The number of anilines is 1. The molecule has 1 aliphatic heterocycles. The van der Waals surface area contributed by atoms with Crippen LogP contribution in [0.25, 0.3) is 5.76 Å². The number of hydrogen-bond acceptors (Lipinski definition) is 5. The predicted molar refractivity (Wildman–Crippen MR) is 114 cm³/mol. The highest BCUT2D eigenvalue weighted by Crippen LogP contribution is 2.44. The van der Waals surface area contributed by atoms with E-state index in [0.29, 0.717) is 22.0 Å². The van der Waals surface area contributed by atoms with Gasteiger partial charge in [0.05, 0.1) is 12.7 Å². The van der Waals surface area contributed by atoms with Gasteiger partial charge in [0, 0.05) is 27.2 Å². The summed E-state index contributed by atoms with van der Waals surface area (Å²) in [6, 6.07) is 16.4.